The molecule has 3 rings (SSSR count). The molecular weight excluding hydrogens is 272 g/mol. The summed E-state index contributed by atoms with van der Waals surface area (Å²) in [4.78, 5) is 0. The summed E-state index contributed by atoms with van der Waals surface area (Å²) in [5.74, 6) is 1.45. The minimum Gasteiger partial charge on any atom is -0.394 e. The molecule has 3 aliphatic carbocycles. The van der Waals surface area contributed by atoms with Crippen molar-refractivity contribution in [1.82, 2.24) is 0 Å². The van der Waals surface area contributed by atoms with Crippen LogP contribution in [0.2, 0.25) is 0 Å². The fraction of sp³-hybridized carbons (Fsp3) is 0.900. The van der Waals surface area contributed by atoms with Crippen LogP contribution in [-0.2, 0) is 0 Å². The van der Waals surface area contributed by atoms with Crippen molar-refractivity contribution in [3.05, 3.63) is 12.2 Å². The van der Waals surface area contributed by atoms with Crippen molar-refractivity contribution in [1.29, 1.82) is 0 Å². The highest BCUT2D eigenvalue weighted by Gasteiger charge is 2.58. The van der Waals surface area contributed by atoms with Crippen molar-refractivity contribution in [2.24, 2.45) is 28.1 Å². The van der Waals surface area contributed by atoms with Crippen LogP contribution in [0.3, 0.4) is 0 Å². The van der Waals surface area contributed by atoms with Gasteiger partial charge in [0.2, 0.25) is 0 Å². The molecule has 3 fully saturated rings. The van der Waals surface area contributed by atoms with E-state index in [1.54, 1.807) is 0 Å². The highest BCUT2D eigenvalue weighted by Crippen LogP contribution is 2.67. The first-order valence-corrected chi connectivity index (χ1v) is 9.23. The first-order chi connectivity index (χ1) is 10.3. The molecule has 0 bridgehead atoms. The molecule has 126 valence electrons. The second-order valence-corrected chi connectivity index (χ2v) is 9.26. The van der Waals surface area contributed by atoms with Crippen LogP contribution in [0, 0.1) is 28.1 Å². The molecule has 0 aromatic carbocycles. The van der Waals surface area contributed by atoms with Crippen molar-refractivity contribution in [3.63, 3.8) is 0 Å². The van der Waals surface area contributed by atoms with E-state index in [1.807, 2.05) is 0 Å². The van der Waals surface area contributed by atoms with Gasteiger partial charge < -0.3 is 10.2 Å². The molecule has 0 heterocycles. The van der Waals surface area contributed by atoms with E-state index in [-0.39, 0.29) is 12.0 Å². The van der Waals surface area contributed by atoms with Crippen molar-refractivity contribution in [2.45, 2.75) is 78.2 Å². The molecule has 6 atom stereocenters. The van der Waals surface area contributed by atoms with Crippen LogP contribution >= 0.6 is 0 Å². The monoisotopic (exact) mass is 306 g/mol. The Morgan fingerprint density at radius 3 is 2.59 bits per heavy atom. The predicted molar refractivity (Wildman–Crippen MR) is 90.5 cm³/mol. The molecule has 2 heteroatoms. The molecule has 0 aromatic heterocycles. The van der Waals surface area contributed by atoms with Gasteiger partial charge in [0.05, 0.1) is 12.7 Å². The van der Waals surface area contributed by atoms with Gasteiger partial charge in [-0.05, 0) is 79.4 Å². The number of aliphatic hydroxyl groups is 2. The predicted octanol–water partition coefficient (Wildman–Crippen LogP) is 4.31. The molecule has 3 aliphatic rings. The van der Waals surface area contributed by atoms with E-state index < -0.39 is 6.10 Å². The van der Waals surface area contributed by atoms with Crippen LogP contribution in [0.15, 0.2) is 12.2 Å². The Kier molecular flexibility index (Phi) is 4.01. The minimum atomic E-state index is -0.563. The van der Waals surface area contributed by atoms with Crippen LogP contribution < -0.4 is 0 Å². The fourth-order valence-corrected chi connectivity index (χ4v) is 6.32. The average molecular weight is 306 g/mol. The van der Waals surface area contributed by atoms with Gasteiger partial charge in [0, 0.05) is 0 Å². The number of hydrogen-bond acceptors (Lipinski definition) is 2. The smallest absolute Gasteiger partial charge is 0.0824 e. The van der Waals surface area contributed by atoms with E-state index in [0.29, 0.717) is 16.7 Å². The quantitative estimate of drug-likeness (QED) is 0.746. The first kappa shape index (κ1) is 16.5. The molecule has 2 nitrogen and oxygen atoms in total. The van der Waals surface area contributed by atoms with Crippen LogP contribution in [0.4, 0.5) is 0 Å². The maximum atomic E-state index is 10.3. The Morgan fingerprint density at radius 2 is 1.91 bits per heavy atom. The van der Waals surface area contributed by atoms with E-state index in [4.69, 9.17) is 0 Å². The van der Waals surface area contributed by atoms with Crippen molar-refractivity contribution >= 4 is 0 Å². The number of hydrogen-bond donors (Lipinski definition) is 2. The van der Waals surface area contributed by atoms with Gasteiger partial charge in [-0.3, -0.25) is 0 Å². The van der Waals surface area contributed by atoms with Gasteiger partial charge in [-0.25, -0.2) is 0 Å². The second-order valence-electron chi connectivity index (χ2n) is 9.26. The summed E-state index contributed by atoms with van der Waals surface area (Å²) >= 11 is 0. The molecule has 0 unspecified atom stereocenters. The van der Waals surface area contributed by atoms with Crippen molar-refractivity contribution in [2.75, 3.05) is 6.61 Å². The largest absolute Gasteiger partial charge is 0.394 e. The van der Waals surface area contributed by atoms with Crippen molar-refractivity contribution < 1.29 is 10.2 Å². The van der Waals surface area contributed by atoms with Gasteiger partial charge in [-0.15, -0.1) is 0 Å². The van der Waals surface area contributed by atoms with E-state index in [9.17, 15) is 10.2 Å². The third-order valence-electron chi connectivity index (χ3n) is 8.21. The Hall–Kier alpha value is -0.340. The lowest BCUT2D eigenvalue weighted by Gasteiger charge is -2.63. The van der Waals surface area contributed by atoms with E-state index in [0.717, 1.165) is 18.8 Å². The van der Waals surface area contributed by atoms with Gasteiger partial charge in [-0.1, -0.05) is 32.9 Å². The summed E-state index contributed by atoms with van der Waals surface area (Å²) in [6, 6.07) is 0. The summed E-state index contributed by atoms with van der Waals surface area (Å²) in [5.41, 5.74) is 2.13. The highest BCUT2D eigenvalue weighted by molar-refractivity contribution is 5.20. The summed E-state index contributed by atoms with van der Waals surface area (Å²) in [6.45, 7) is 11.5. The number of aliphatic hydroxyl groups excluding tert-OH is 2. The summed E-state index contributed by atoms with van der Waals surface area (Å²) in [6.07, 6.45) is 9.14. The Balaban J connectivity index is 1.87. The van der Waals surface area contributed by atoms with Gasteiger partial charge in [-0.2, -0.15) is 0 Å². The maximum absolute atomic E-state index is 10.3. The Bertz CT molecular complexity index is 459. The Labute approximate surface area is 136 Å². The third-order valence-corrected chi connectivity index (χ3v) is 8.21. The lowest BCUT2D eigenvalue weighted by atomic mass is 9.42. The van der Waals surface area contributed by atoms with E-state index in [1.165, 1.54) is 44.1 Å². The minimum absolute atomic E-state index is 0.0989. The summed E-state index contributed by atoms with van der Waals surface area (Å²) in [7, 11) is 0. The van der Waals surface area contributed by atoms with Crippen LogP contribution in [-0.4, -0.2) is 22.9 Å². The Morgan fingerprint density at radius 1 is 1.18 bits per heavy atom. The third kappa shape index (κ3) is 2.21. The molecule has 0 amide bonds. The molecule has 0 aliphatic heterocycles. The fourth-order valence-electron chi connectivity index (χ4n) is 6.32. The van der Waals surface area contributed by atoms with Crippen LogP contribution in [0.1, 0.15) is 72.1 Å². The zero-order valence-corrected chi connectivity index (χ0v) is 14.7. The number of fused-ring (bicyclic) bond motifs is 3. The maximum Gasteiger partial charge on any atom is 0.0824 e. The van der Waals surface area contributed by atoms with Crippen molar-refractivity contribution in [3.8, 4) is 0 Å². The second kappa shape index (κ2) is 5.34. The molecule has 22 heavy (non-hydrogen) atoms. The lowest BCUT2D eigenvalue weighted by molar-refractivity contribution is -0.134. The van der Waals surface area contributed by atoms with Crippen LogP contribution in [0.5, 0.6) is 0 Å². The SMILES string of the molecule is C=C1CCC[C@H]2[C@]3(C)CC[C@@](C)([C@H](O)CO)C[C@H]3CC[C@@]12C. The van der Waals surface area contributed by atoms with Gasteiger partial charge in [0.1, 0.15) is 0 Å². The number of allylic oxidation sites excluding steroid dienone is 1. The first-order valence-electron chi connectivity index (χ1n) is 9.23. The molecule has 0 saturated heterocycles. The molecule has 2 N–H and O–H groups in total. The van der Waals surface area contributed by atoms with E-state index >= 15 is 0 Å². The summed E-state index contributed by atoms with van der Waals surface area (Å²) < 4.78 is 0. The topological polar surface area (TPSA) is 40.5 Å². The molecule has 0 aromatic rings. The molecular formula is C20H34O2. The molecule has 0 spiro atoms. The average Bonchev–Trinajstić information content (AvgIpc) is 2.49. The van der Waals surface area contributed by atoms with Crippen LogP contribution in [0.25, 0.3) is 0 Å². The molecule has 0 radical (unpaired) electrons. The zero-order chi connectivity index (χ0) is 16.2. The zero-order valence-electron chi connectivity index (χ0n) is 14.7. The van der Waals surface area contributed by atoms with Gasteiger partial charge in [0.25, 0.3) is 0 Å². The standard InChI is InChI=1S/C20H34O2/c1-14-6-5-7-16-19(14,3)9-8-15-12-18(2,17(22)13-21)10-11-20(15,16)4/h15-17,21-22H,1,5-13H2,2-4H3/t15-,16-,17-,18-,19+,20-/m1/s1. The summed E-state index contributed by atoms with van der Waals surface area (Å²) in [5, 5.41) is 19.7. The normalized spacial score (nSPS) is 50.1. The molecule has 3 saturated carbocycles. The van der Waals surface area contributed by atoms with E-state index in [2.05, 4.69) is 27.4 Å². The highest BCUT2D eigenvalue weighted by atomic mass is 16.3. The lowest BCUT2D eigenvalue weighted by Crippen LogP contribution is -2.55. The van der Waals surface area contributed by atoms with Gasteiger partial charge in [0.15, 0.2) is 0 Å². The number of rotatable bonds is 2. The van der Waals surface area contributed by atoms with Gasteiger partial charge >= 0.3 is 0 Å².